The fourth-order valence-electron chi connectivity index (χ4n) is 0.416. The predicted octanol–water partition coefficient (Wildman–Crippen LogP) is 0.0458. The van der Waals surface area contributed by atoms with Crippen LogP contribution in [0.3, 0.4) is 0 Å². The average molecular weight is 176 g/mol. The van der Waals surface area contributed by atoms with Gasteiger partial charge < -0.3 is 8.54 Å². The second-order valence-corrected chi connectivity index (χ2v) is 5.28. The van der Waals surface area contributed by atoms with E-state index in [1.165, 1.54) is 5.57 Å². The van der Waals surface area contributed by atoms with Crippen LogP contribution in [0.4, 0.5) is 0 Å². The number of hydrogen-bond donors (Lipinski definition) is 0. The lowest BCUT2D eigenvalue weighted by atomic mass is 10.4. The summed E-state index contributed by atoms with van der Waals surface area (Å²) in [5.41, 5.74) is 3.56. The Hall–Kier alpha value is 0.0938. The Bertz CT molecular complexity index is 99.9. The molecule has 0 N–H and O–H groups in total. The highest BCUT2D eigenvalue weighted by molar-refractivity contribution is 6.43. The molecule has 0 saturated carbocycles. The highest BCUT2D eigenvalue weighted by atomic mass is 28.3. The summed E-state index contributed by atoms with van der Waals surface area (Å²) in [5.74, 6) is 0. The molecule has 0 fully saturated rings. The predicted molar refractivity (Wildman–Crippen MR) is 49.2 cm³/mol. The fraction of sp³-hybridized carbons (Fsp3) is 0.667. The SMILES string of the molecule is CCO[SiH2]O[SiH2]C=C(C)C. The molecule has 0 aromatic rings. The van der Waals surface area contributed by atoms with Crippen molar-refractivity contribution in [3.05, 3.63) is 11.3 Å². The first kappa shape index (κ1) is 10.1. The second-order valence-electron chi connectivity index (χ2n) is 2.26. The fourth-order valence-corrected chi connectivity index (χ4v) is 2.24. The van der Waals surface area contributed by atoms with E-state index < -0.39 is 10.0 Å². The van der Waals surface area contributed by atoms with Crippen LogP contribution in [0.15, 0.2) is 11.3 Å². The zero-order chi connectivity index (χ0) is 7.82. The summed E-state index contributed by atoms with van der Waals surface area (Å²) < 4.78 is 10.5. The summed E-state index contributed by atoms with van der Waals surface area (Å²) >= 11 is 0. The van der Waals surface area contributed by atoms with E-state index in [2.05, 4.69) is 19.5 Å². The van der Waals surface area contributed by atoms with Crippen molar-refractivity contribution in [3.63, 3.8) is 0 Å². The standard InChI is InChI=1S/C6H16O2Si2/c1-4-7-10-8-9-5-6(2)3/h5H,4,9-10H2,1-3H3. The summed E-state index contributed by atoms with van der Waals surface area (Å²) in [5, 5.41) is 0. The van der Waals surface area contributed by atoms with Gasteiger partial charge in [0.1, 0.15) is 0 Å². The summed E-state index contributed by atoms with van der Waals surface area (Å²) in [6.45, 7) is 6.99. The van der Waals surface area contributed by atoms with Gasteiger partial charge in [-0.25, -0.2) is 0 Å². The van der Waals surface area contributed by atoms with E-state index >= 15 is 0 Å². The van der Waals surface area contributed by atoms with Gasteiger partial charge in [0.15, 0.2) is 9.76 Å². The van der Waals surface area contributed by atoms with Crippen LogP contribution >= 0.6 is 0 Å². The Morgan fingerprint density at radius 2 is 2.20 bits per heavy atom. The van der Waals surface area contributed by atoms with Crippen LogP contribution in [-0.2, 0) is 8.54 Å². The van der Waals surface area contributed by atoms with Gasteiger partial charge in [-0.2, -0.15) is 0 Å². The summed E-state index contributed by atoms with van der Waals surface area (Å²) in [6.07, 6.45) is 0. The van der Waals surface area contributed by atoms with Gasteiger partial charge in [0.2, 0.25) is 0 Å². The lowest BCUT2D eigenvalue weighted by Crippen LogP contribution is -2.06. The minimum Gasteiger partial charge on any atom is -0.442 e. The molecule has 0 unspecified atom stereocenters. The number of hydrogen-bond acceptors (Lipinski definition) is 2. The van der Waals surface area contributed by atoms with Crippen LogP contribution < -0.4 is 0 Å². The molecule has 0 atom stereocenters. The smallest absolute Gasteiger partial charge is 0.294 e. The largest absolute Gasteiger partial charge is 0.442 e. The summed E-state index contributed by atoms with van der Waals surface area (Å²) in [6, 6.07) is 0. The molecule has 0 rings (SSSR count). The number of rotatable bonds is 5. The van der Waals surface area contributed by atoms with Crippen LogP contribution in [0.5, 0.6) is 0 Å². The molecule has 10 heavy (non-hydrogen) atoms. The maximum Gasteiger partial charge on any atom is 0.294 e. The monoisotopic (exact) mass is 176 g/mol. The van der Waals surface area contributed by atoms with E-state index in [0.29, 0.717) is 0 Å². The molecule has 0 aromatic heterocycles. The van der Waals surface area contributed by atoms with Gasteiger partial charge in [-0.1, -0.05) is 11.3 Å². The molecule has 0 amide bonds. The van der Waals surface area contributed by atoms with Crippen molar-refractivity contribution in [2.45, 2.75) is 20.8 Å². The lowest BCUT2D eigenvalue weighted by Gasteiger charge is -1.99. The topological polar surface area (TPSA) is 18.5 Å². The van der Waals surface area contributed by atoms with E-state index in [-0.39, 0.29) is 9.76 Å². The summed E-state index contributed by atoms with van der Waals surface area (Å²) in [7, 11) is -0.996. The Labute approximate surface area is 67.6 Å². The first-order chi connectivity index (χ1) is 4.77. The van der Waals surface area contributed by atoms with E-state index in [9.17, 15) is 0 Å². The van der Waals surface area contributed by atoms with E-state index in [0.717, 1.165) is 6.61 Å². The van der Waals surface area contributed by atoms with E-state index in [4.69, 9.17) is 8.54 Å². The Morgan fingerprint density at radius 3 is 2.70 bits per heavy atom. The van der Waals surface area contributed by atoms with Gasteiger partial charge in [0.05, 0.1) is 0 Å². The second kappa shape index (κ2) is 7.20. The molecule has 0 saturated heterocycles. The zero-order valence-corrected chi connectivity index (χ0v) is 9.84. The molecule has 0 aliphatic heterocycles. The molecule has 0 aliphatic rings. The first-order valence-corrected chi connectivity index (χ1v) is 6.11. The van der Waals surface area contributed by atoms with Crippen molar-refractivity contribution < 1.29 is 8.54 Å². The first-order valence-electron chi connectivity index (χ1n) is 3.56. The van der Waals surface area contributed by atoms with Crippen molar-refractivity contribution in [2.24, 2.45) is 0 Å². The molecule has 0 bridgehead atoms. The van der Waals surface area contributed by atoms with Gasteiger partial charge in [-0.15, -0.1) is 0 Å². The minimum atomic E-state index is -0.615. The van der Waals surface area contributed by atoms with Gasteiger partial charge >= 0.3 is 0 Å². The Balaban J connectivity index is 2.98. The molecule has 60 valence electrons. The van der Waals surface area contributed by atoms with Crippen LogP contribution in [0.1, 0.15) is 20.8 Å². The molecule has 0 heterocycles. The average Bonchev–Trinajstić information content (AvgIpc) is 1.87. The lowest BCUT2D eigenvalue weighted by molar-refractivity contribution is 0.312. The summed E-state index contributed by atoms with van der Waals surface area (Å²) in [4.78, 5) is 0. The molecule has 0 aromatic carbocycles. The number of allylic oxidation sites excluding steroid dienone is 1. The van der Waals surface area contributed by atoms with Crippen molar-refractivity contribution in [1.82, 2.24) is 0 Å². The molecule has 0 aliphatic carbocycles. The highest BCUT2D eigenvalue weighted by Gasteiger charge is 1.84. The third-order valence-corrected chi connectivity index (χ3v) is 4.15. The quantitative estimate of drug-likeness (QED) is 0.435. The van der Waals surface area contributed by atoms with Crippen LogP contribution in [-0.4, -0.2) is 26.4 Å². The van der Waals surface area contributed by atoms with Gasteiger partial charge in [-0.3, -0.25) is 0 Å². The van der Waals surface area contributed by atoms with Crippen molar-refractivity contribution in [3.8, 4) is 0 Å². The molecule has 0 spiro atoms. The Kier molecular flexibility index (Phi) is 7.27. The highest BCUT2D eigenvalue weighted by Crippen LogP contribution is 1.85. The maximum absolute atomic E-state index is 5.36. The molecule has 0 radical (unpaired) electrons. The molecule has 4 heteroatoms. The molecular weight excluding hydrogens is 160 g/mol. The van der Waals surface area contributed by atoms with E-state index in [1.807, 2.05) is 6.92 Å². The molecule has 2 nitrogen and oxygen atoms in total. The van der Waals surface area contributed by atoms with Crippen LogP contribution in [0, 0.1) is 0 Å². The van der Waals surface area contributed by atoms with Crippen molar-refractivity contribution in [1.29, 1.82) is 0 Å². The normalized spacial score (nSPS) is 11.9. The zero-order valence-electron chi connectivity index (χ0n) is 7.02. The van der Waals surface area contributed by atoms with Crippen molar-refractivity contribution >= 4 is 19.8 Å². The van der Waals surface area contributed by atoms with Crippen molar-refractivity contribution in [2.75, 3.05) is 6.61 Å². The van der Waals surface area contributed by atoms with Gasteiger partial charge in [0.25, 0.3) is 10.0 Å². The van der Waals surface area contributed by atoms with Crippen LogP contribution in [0.2, 0.25) is 0 Å². The molecular formula is C6H16O2Si2. The Morgan fingerprint density at radius 1 is 1.50 bits per heavy atom. The van der Waals surface area contributed by atoms with Gasteiger partial charge in [0, 0.05) is 6.61 Å². The van der Waals surface area contributed by atoms with Crippen LogP contribution in [0.25, 0.3) is 0 Å². The maximum atomic E-state index is 5.36. The van der Waals surface area contributed by atoms with E-state index in [1.54, 1.807) is 0 Å². The minimum absolute atomic E-state index is 0.382. The van der Waals surface area contributed by atoms with Gasteiger partial charge in [-0.05, 0) is 20.8 Å². The third-order valence-electron chi connectivity index (χ3n) is 0.980. The third kappa shape index (κ3) is 8.09.